The van der Waals surface area contributed by atoms with Gasteiger partial charge in [-0.05, 0) is 25.2 Å². The molecule has 1 aromatic rings. The van der Waals surface area contributed by atoms with Crippen LogP contribution in [0.2, 0.25) is 0 Å². The van der Waals surface area contributed by atoms with Crippen LogP contribution in [0, 0.1) is 5.92 Å². The Balaban J connectivity index is 2.24. The predicted octanol–water partition coefficient (Wildman–Crippen LogP) is 1.74. The van der Waals surface area contributed by atoms with Gasteiger partial charge in [0.25, 0.3) is 0 Å². The minimum Gasteiger partial charge on any atom is -0.388 e. The second kappa shape index (κ2) is 5.40. The van der Waals surface area contributed by atoms with Crippen molar-refractivity contribution in [2.24, 2.45) is 11.7 Å². The Hall–Kier alpha value is -1.23. The highest BCUT2D eigenvalue weighted by Crippen LogP contribution is 2.22. The second-order valence-electron chi connectivity index (χ2n) is 4.62. The molecule has 5 heteroatoms. The molecule has 2 rings (SSSR count). The lowest BCUT2D eigenvalue weighted by Crippen LogP contribution is -2.29. The number of rotatable bonds is 2. The fourth-order valence-corrected chi connectivity index (χ4v) is 2.35. The van der Waals surface area contributed by atoms with Crippen molar-refractivity contribution in [1.29, 1.82) is 0 Å². The highest BCUT2D eigenvalue weighted by atomic mass is 32.1. The van der Waals surface area contributed by atoms with Crippen LogP contribution >= 0.6 is 12.2 Å². The number of anilines is 1. The Morgan fingerprint density at radius 1 is 1.35 bits per heavy atom. The maximum Gasteiger partial charge on any atom is 0.157 e. The molecular formula is C12H18N4S. The van der Waals surface area contributed by atoms with Gasteiger partial charge in [-0.25, -0.2) is 9.97 Å². The van der Waals surface area contributed by atoms with Crippen molar-refractivity contribution in [3.05, 3.63) is 18.1 Å². The third-order valence-corrected chi connectivity index (χ3v) is 3.42. The summed E-state index contributed by atoms with van der Waals surface area (Å²) < 4.78 is 0. The monoisotopic (exact) mass is 250 g/mol. The summed E-state index contributed by atoms with van der Waals surface area (Å²) in [6.07, 6.45) is 6.99. The molecule has 92 valence electrons. The lowest BCUT2D eigenvalue weighted by atomic mass is 10.0. The molecule has 0 aromatic carbocycles. The Labute approximate surface area is 107 Å². The summed E-state index contributed by atoms with van der Waals surface area (Å²) in [4.78, 5) is 11.2. The highest BCUT2D eigenvalue weighted by molar-refractivity contribution is 7.80. The Bertz CT molecular complexity index is 407. The van der Waals surface area contributed by atoms with Gasteiger partial charge in [0, 0.05) is 25.5 Å². The molecule has 1 unspecified atom stereocenters. The first-order chi connectivity index (χ1) is 8.18. The SMILES string of the molecule is CC1CCCN(c2nccnc2C(N)=S)CC1. The lowest BCUT2D eigenvalue weighted by Gasteiger charge is -2.23. The number of thiocarbonyl (C=S) groups is 1. The quantitative estimate of drug-likeness (QED) is 0.810. The second-order valence-corrected chi connectivity index (χ2v) is 5.06. The predicted molar refractivity (Wildman–Crippen MR) is 73.1 cm³/mol. The molecule has 1 atom stereocenters. The average Bonchev–Trinajstić information content (AvgIpc) is 2.54. The third kappa shape index (κ3) is 2.91. The van der Waals surface area contributed by atoms with E-state index in [9.17, 15) is 0 Å². The highest BCUT2D eigenvalue weighted by Gasteiger charge is 2.19. The molecule has 17 heavy (non-hydrogen) atoms. The van der Waals surface area contributed by atoms with Gasteiger partial charge >= 0.3 is 0 Å². The van der Waals surface area contributed by atoms with Crippen LogP contribution in [0.4, 0.5) is 5.82 Å². The van der Waals surface area contributed by atoms with E-state index in [1.165, 1.54) is 19.3 Å². The molecular weight excluding hydrogens is 232 g/mol. The standard InChI is InChI=1S/C12H18N4S/c1-9-3-2-7-16(8-4-9)12-10(11(13)17)14-5-6-15-12/h5-6,9H,2-4,7-8H2,1H3,(H2,13,17). The fourth-order valence-electron chi connectivity index (χ4n) is 2.21. The molecule has 0 amide bonds. The Morgan fingerprint density at radius 2 is 2.12 bits per heavy atom. The molecule has 0 radical (unpaired) electrons. The third-order valence-electron chi connectivity index (χ3n) is 3.23. The zero-order valence-corrected chi connectivity index (χ0v) is 10.9. The largest absolute Gasteiger partial charge is 0.388 e. The molecule has 2 N–H and O–H groups in total. The summed E-state index contributed by atoms with van der Waals surface area (Å²) >= 11 is 5.02. The normalized spacial score (nSPS) is 21.0. The van der Waals surface area contributed by atoms with Crippen molar-refractivity contribution >= 4 is 23.0 Å². The number of aromatic nitrogens is 2. The minimum atomic E-state index is 0.324. The first-order valence-electron chi connectivity index (χ1n) is 6.04. The molecule has 1 aliphatic heterocycles. The van der Waals surface area contributed by atoms with Gasteiger partial charge in [0.05, 0.1) is 0 Å². The van der Waals surface area contributed by atoms with E-state index in [0.29, 0.717) is 10.7 Å². The van der Waals surface area contributed by atoms with E-state index in [-0.39, 0.29) is 0 Å². The van der Waals surface area contributed by atoms with E-state index in [1.807, 2.05) is 0 Å². The lowest BCUT2D eigenvalue weighted by molar-refractivity contribution is 0.521. The van der Waals surface area contributed by atoms with Crippen molar-refractivity contribution in [3.63, 3.8) is 0 Å². The van der Waals surface area contributed by atoms with Crippen LogP contribution in [-0.2, 0) is 0 Å². The molecule has 4 nitrogen and oxygen atoms in total. The topological polar surface area (TPSA) is 55.0 Å². The molecule has 0 spiro atoms. The molecule has 1 aromatic heterocycles. The van der Waals surface area contributed by atoms with Gasteiger partial charge in [-0.15, -0.1) is 0 Å². The first kappa shape index (κ1) is 12.2. The maximum atomic E-state index is 5.69. The van der Waals surface area contributed by atoms with Crippen LogP contribution in [0.5, 0.6) is 0 Å². The number of nitrogens with zero attached hydrogens (tertiary/aromatic N) is 3. The van der Waals surface area contributed by atoms with Crippen LogP contribution in [0.15, 0.2) is 12.4 Å². The zero-order chi connectivity index (χ0) is 12.3. The molecule has 0 saturated carbocycles. The fraction of sp³-hybridized carbons (Fsp3) is 0.583. The molecule has 1 saturated heterocycles. The summed E-state index contributed by atoms with van der Waals surface area (Å²) in [5.41, 5.74) is 6.34. The summed E-state index contributed by atoms with van der Waals surface area (Å²) in [5, 5.41) is 0. The van der Waals surface area contributed by atoms with Crippen molar-refractivity contribution < 1.29 is 0 Å². The van der Waals surface area contributed by atoms with Crippen LogP contribution in [-0.4, -0.2) is 28.0 Å². The van der Waals surface area contributed by atoms with Crippen LogP contribution in [0.3, 0.4) is 0 Å². The van der Waals surface area contributed by atoms with Gasteiger partial charge in [-0.3, -0.25) is 0 Å². The van der Waals surface area contributed by atoms with Crippen LogP contribution in [0.1, 0.15) is 31.9 Å². The Morgan fingerprint density at radius 3 is 2.88 bits per heavy atom. The van der Waals surface area contributed by atoms with Gasteiger partial charge in [0.2, 0.25) is 0 Å². The summed E-state index contributed by atoms with van der Waals surface area (Å²) in [6.45, 7) is 4.32. The average molecular weight is 250 g/mol. The van der Waals surface area contributed by atoms with E-state index < -0.39 is 0 Å². The smallest absolute Gasteiger partial charge is 0.157 e. The molecule has 1 fully saturated rings. The van der Waals surface area contributed by atoms with Gasteiger partial charge < -0.3 is 10.6 Å². The number of hydrogen-bond donors (Lipinski definition) is 1. The number of nitrogens with two attached hydrogens (primary N) is 1. The van der Waals surface area contributed by atoms with Crippen LogP contribution in [0.25, 0.3) is 0 Å². The van der Waals surface area contributed by atoms with Crippen LogP contribution < -0.4 is 10.6 Å². The first-order valence-corrected chi connectivity index (χ1v) is 6.45. The summed E-state index contributed by atoms with van der Waals surface area (Å²) in [6, 6.07) is 0. The summed E-state index contributed by atoms with van der Waals surface area (Å²) in [7, 11) is 0. The van der Waals surface area contributed by atoms with E-state index in [1.54, 1.807) is 12.4 Å². The van der Waals surface area contributed by atoms with Gasteiger partial charge in [-0.2, -0.15) is 0 Å². The Kier molecular flexibility index (Phi) is 3.89. The zero-order valence-electron chi connectivity index (χ0n) is 10.1. The van der Waals surface area contributed by atoms with Gasteiger partial charge in [-0.1, -0.05) is 19.1 Å². The van der Waals surface area contributed by atoms with Crippen molar-refractivity contribution in [2.75, 3.05) is 18.0 Å². The van der Waals surface area contributed by atoms with E-state index in [0.717, 1.165) is 24.8 Å². The van der Waals surface area contributed by atoms with Crippen molar-refractivity contribution in [3.8, 4) is 0 Å². The van der Waals surface area contributed by atoms with Gasteiger partial charge in [0.1, 0.15) is 10.7 Å². The van der Waals surface area contributed by atoms with Crippen molar-refractivity contribution in [2.45, 2.75) is 26.2 Å². The molecule has 0 bridgehead atoms. The molecule has 1 aliphatic rings. The maximum absolute atomic E-state index is 5.69. The number of hydrogen-bond acceptors (Lipinski definition) is 4. The minimum absolute atomic E-state index is 0.324. The van der Waals surface area contributed by atoms with E-state index in [4.69, 9.17) is 18.0 Å². The molecule has 0 aliphatic carbocycles. The van der Waals surface area contributed by atoms with Gasteiger partial charge in [0.15, 0.2) is 5.82 Å². The summed E-state index contributed by atoms with van der Waals surface area (Å²) in [5.74, 6) is 1.62. The van der Waals surface area contributed by atoms with Crippen molar-refractivity contribution in [1.82, 2.24) is 9.97 Å². The van der Waals surface area contributed by atoms with E-state index >= 15 is 0 Å². The molecule has 2 heterocycles. The van der Waals surface area contributed by atoms with E-state index in [2.05, 4.69) is 21.8 Å².